The van der Waals surface area contributed by atoms with Crippen molar-refractivity contribution in [1.82, 2.24) is 15.6 Å². The zero-order chi connectivity index (χ0) is 14.3. The molecular weight excluding hydrogens is 309 g/mol. The van der Waals surface area contributed by atoms with Crippen molar-refractivity contribution < 1.29 is 4.79 Å². The van der Waals surface area contributed by atoms with Crippen LogP contribution in [0.15, 0.2) is 24.5 Å². The molecule has 106 valence electrons. The predicted molar refractivity (Wildman–Crippen MR) is 78.2 cm³/mol. The van der Waals surface area contributed by atoms with Crippen molar-refractivity contribution in [2.45, 2.75) is 36.3 Å². The van der Waals surface area contributed by atoms with Gasteiger partial charge in [-0.3, -0.25) is 15.1 Å². The number of rotatable bonds is 6. The third kappa shape index (κ3) is 6.43. The van der Waals surface area contributed by atoms with Gasteiger partial charge in [0, 0.05) is 25.4 Å². The van der Waals surface area contributed by atoms with Gasteiger partial charge in [-0.2, -0.15) is 0 Å². The molecular formula is C12H16Cl3N3O. The number of alkyl halides is 3. The van der Waals surface area contributed by atoms with Crippen LogP contribution in [0.1, 0.15) is 25.3 Å². The largest absolute Gasteiger partial charge is 0.337 e. The monoisotopic (exact) mass is 323 g/mol. The molecule has 1 aromatic rings. The van der Waals surface area contributed by atoms with E-state index in [2.05, 4.69) is 15.6 Å². The number of pyridine rings is 1. The Kier molecular flexibility index (Phi) is 6.86. The summed E-state index contributed by atoms with van der Waals surface area (Å²) in [7, 11) is 0. The summed E-state index contributed by atoms with van der Waals surface area (Å²) in [4.78, 5) is 15.6. The Hall–Kier alpha value is -0.550. The molecule has 7 heteroatoms. The molecule has 0 fully saturated rings. The number of nitrogens with one attached hydrogen (secondary N) is 2. The number of hydrogen-bond donors (Lipinski definition) is 2. The van der Waals surface area contributed by atoms with Gasteiger partial charge < -0.3 is 5.32 Å². The first-order valence-electron chi connectivity index (χ1n) is 5.92. The van der Waals surface area contributed by atoms with Gasteiger partial charge in [-0.25, -0.2) is 0 Å². The van der Waals surface area contributed by atoms with Crippen LogP contribution in [0.5, 0.6) is 0 Å². The van der Waals surface area contributed by atoms with Crippen molar-refractivity contribution in [2.75, 3.05) is 0 Å². The van der Waals surface area contributed by atoms with Crippen LogP contribution in [0, 0.1) is 0 Å². The molecule has 0 aliphatic carbocycles. The molecule has 0 aromatic carbocycles. The quantitative estimate of drug-likeness (QED) is 0.625. The van der Waals surface area contributed by atoms with E-state index < -0.39 is 9.96 Å². The van der Waals surface area contributed by atoms with Gasteiger partial charge in [0.05, 0.1) is 0 Å². The highest BCUT2D eigenvalue weighted by molar-refractivity contribution is 6.68. The molecule has 1 amide bonds. The van der Waals surface area contributed by atoms with Crippen LogP contribution in [0.3, 0.4) is 0 Å². The molecule has 0 unspecified atom stereocenters. The predicted octanol–water partition coefficient (Wildman–Crippen LogP) is 2.78. The van der Waals surface area contributed by atoms with E-state index in [0.29, 0.717) is 13.0 Å². The van der Waals surface area contributed by atoms with Crippen LogP contribution in [0.25, 0.3) is 0 Å². The third-order valence-electron chi connectivity index (χ3n) is 2.34. The molecule has 1 atom stereocenters. The minimum atomic E-state index is -1.62. The van der Waals surface area contributed by atoms with Crippen LogP contribution in [-0.2, 0) is 11.3 Å². The minimum Gasteiger partial charge on any atom is -0.337 e. The average molecular weight is 325 g/mol. The molecule has 0 bridgehead atoms. The van der Waals surface area contributed by atoms with Gasteiger partial charge in [-0.15, -0.1) is 0 Å². The standard InChI is InChI=1S/C12H16Cl3N3O/c1-2-4-10(19)18-11(12(13,14)15)17-8-9-5-3-6-16-7-9/h3,5-7,11,17H,2,4,8H2,1H3,(H,18,19)/t11-/m0/s1. The highest BCUT2D eigenvalue weighted by Gasteiger charge is 2.33. The molecule has 4 nitrogen and oxygen atoms in total. The molecule has 0 saturated carbocycles. The lowest BCUT2D eigenvalue weighted by Crippen LogP contribution is -2.53. The van der Waals surface area contributed by atoms with E-state index in [9.17, 15) is 4.79 Å². The number of carbonyl (C=O) groups excluding carboxylic acids is 1. The summed E-state index contributed by atoms with van der Waals surface area (Å²) in [6.45, 7) is 2.35. The first kappa shape index (κ1) is 16.5. The highest BCUT2D eigenvalue weighted by atomic mass is 35.6. The summed E-state index contributed by atoms with van der Waals surface area (Å²) in [5.41, 5.74) is 0.937. The first-order chi connectivity index (χ1) is 8.93. The van der Waals surface area contributed by atoms with E-state index in [4.69, 9.17) is 34.8 Å². The lowest BCUT2D eigenvalue weighted by molar-refractivity contribution is -0.122. The SMILES string of the molecule is CCCC(=O)N[C@H](NCc1cccnc1)C(Cl)(Cl)Cl. The molecule has 2 N–H and O–H groups in total. The summed E-state index contributed by atoms with van der Waals surface area (Å²) < 4.78 is -1.62. The molecule has 1 rings (SSSR count). The van der Waals surface area contributed by atoms with Gasteiger partial charge >= 0.3 is 0 Å². The Bertz CT molecular complexity index is 395. The topological polar surface area (TPSA) is 54.0 Å². The van der Waals surface area contributed by atoms with Crippen molar-refractivity contribution in [1.29, 1.82) is 0 Å². The smallest absolute Gasteiger partial charge is 0.223 e. The molecule has 0 radical (unpaired) electrons. The van der Waals surface area contributed by atoms with Crippen LogP contribution >= 0.6 is 34.8 Å². The zero-order valence-corrected chi connectivity index (χ0v) is 12.8. The number of aromatic nitrogens is 1. The van der Waals surface area contributed by atoms with Crippen molar-refractivity contribution in [3.63, 3.8) is 0 Å². The van der Waals surface area contributed by atoms with Gasteiger partial charge in [0.1, 0.15) is 6.17 Å². The minimum absolute atomic E-state index is 0.155. The summed E-state index contributed by atoms with van der Waals surface area (Å²) in [6, 6.07) is 3.71. The van der Waals surface area contributed by atoms with E-state index in [0.717, 1.165) is 12.0 Å². The van der Waals surface area contributed by atoms with Crippen LogP contribution in [0.4, 0.5) is 0 Å². The van der Waals surface area contributed by atoms with Crippen molar-refractivity contribution in [3.05, 3.63) is 30.1 Å². The highest BCUT2D eigenvalue weighted by Crippen LogP contribution is 2.29. The summed E-state index contributed by atoms with van der Waals surface area (Å²) in [6.07, 6.45) is 3.76. The fourth-order valence-electron chi connectivity index (χ4n) is 1.43. The van der Waals surface area contributed by atoms with Crippen LogP contribution in [-0.4, -0.2) is 20.8 Å². The Labute approximate surface area is 127 Å². The summed E-state index contributed by atoms with van der Waals surface area (Å²) in [5.74, 6) is -0.155. The number of amides is 1. The molecule has 0 aliphatic heterocycles. The fraction of sp³-hybridized carbons (Fsp3) is 0.500. The van der Waals surface area contributed by atoms with E-state index in [1.807, 2.05) is 19.1 Å². The van der Waals surface area contributed by atoms with E-state index in [1.165, 1.54) is 0 Å². The number of nitrogens with zero attached hydrogens (tertiary/aromatic N) is 1. The lowest BCUT2D eigenvalue weighted by Gasteiger charge is -2.26. The normalized spacial score (nSPS) is 13.1. The molecule has 1 aromatic heterocycles. The Morgan fingerprint density at radius 1 is 1.47 bits per heavy atom. The van der Waals surface area contributed by atoms with Crippen molar-refractivity contribution >= 4 is 40.7 Å². The van der Waals surface area contributed by atoms with Gasteiger partial charge in [0.15, 0.2) is 0 Å². The van der Waals surface area contributed by atoms with Crippen LogP contribution < -0.4 is 10.6 Å². The average Bonchev–Trinajstić information content (AvgIpc) is 2.34. The number of carbonyl (C=O) groups is 1. The van der Waals surface area contributed by atoms with Gasteiger partial charge in [-0.05, 0) is 18.1 Å². The fourth-order valence-corrected chi connectivity index (χ4v) is 1.83. The zero-order valence-electron chi connectivity index (χ0n) is 10.5. The van der Waals surface area contributed by atoms with Gasteiger partial charge in [-0.1, -0.05) is 47.8 Å². The van der Waals surface area contributed by atoms with Gasteiger partial charge in [0.2, 0.25) is 9.70 Å². The maximum Gasteiger partial charge on any atom is 0.223 e. The van der Waals surface area contributed by atoms with E-state index >= 15 is 0 Å². The third-order valence-corrected chi connectivity index (χ3v) is 3.00. The Morgan fingerprint density at radius 2 is 2.21 bits per heavy atom. The second-order valence-electron chi connectivity index (χ2n) is 4.03. The van der Waals surface area contributed by atoms with E-state index in [1.54, 1.807) is 12.4 Å². The molecule has 1 heterocycles. The number of hydrogen-bond acceptors (Lipinski definition) is 3. The maximum absolute atomic E-state index is 11.6. The lowest BCUT2D eigenvalue weighted by atomic mass is 10.3. The van der Waals surface area contributed by atoms with Crippen molar-refractivity contribution in [3.8, 4) is 0 Å². The van der Waals surface area contributed by atoms with Gasteiger partial charge in [0.25, 0.3) is 0 Å². The van der Waals surface area contributed by atoms with E-state index in [-0.39, 0.29) is 5.91 Å². The number of halogens is 3. The molecule has 0 aliphatic rings. The maximum atomic E-state index is 11.6. The molecule has 19 heavy (non-hydrogen) atoms. The molecule has 0 saturated heterocycles. The summed E-state index contributed by atoms with van der Waals surface area (Å²) in [5, 5.41) is 5.66. The first-order valence-corrected chi connectivity index (χ1v) is 7.05. The van der Waals surface area contributed by atoms with Crippen molar-refractivity contribution in [2.24, 2.45) is 0 Å². The molecule has 0 spiro atoms. The summed E-state index contributed by atoms with van der Waals surface area (Å²) >= 11 is 17.5. The Balaban J connectivity index is 2.58. The van der Waals surface area contributed by atoms with Crippen LogP contribution in [0.2, 0.25) is 0 Å². The second kappa shape index (κ2) is 7.90. The second-order valence-corrected chi connectivity index (χ2v) is 6.40. The Morgan fingerprint density at radius 3 is 2.74 bits per heavy atom.